The van der Waals surface area contributed by atoms with Gasteiger partial charge in [-0.25, -0.2) is 0 Å². The number of hydrogen-bond donors (Lipinski definition) is 0. The van der Waals surface area contributed by atoms with Gasteiger partial charge in [-0.1, -0.05) is 170 Å². The Morgan fingerprint density at radius 3 is 0.941 bits per heavy atom. The van der Waals surface area contributed by atoms with Crippen LogP contribution in [-0.4, -0.2) is 0 Å². The van der Waals surface area contributed by atoms with Gasteiger partial charge in [-0.15, -0.1) is 0 Å². The van der Waals surface area contributed by atoms with Crippen LogP contribution in [0.3, 0.4) is 0 Å². The zero-order chi connectivity index (χ0) is 25.0. The first-order chi connectivity index (χ1) is 16.1. The fourth-order valence-corrected chi connectivity index (χ4v) is 3.65. The fraction of sp³-hybridized carbons (Fsp3) is 0.294. The van der Waals surface area contributed by atoms with Gasteiger partial charge in [-0.3, -0.25) is 0 Å². The maximum absolute atomic E-state index is 2.26. The molecule has 0 atom stereocenters. The summed E-state index contributed by atoms with van der Waals surface area (Å²) in [6.07, 6.45) is 0. The molecule has 0 saturated heterocycles. The summed E-state index contributed by atoms with van der Waals surface area (Å²) >= 11 is 0. The van der Waals surface area contributed by atoms with Gasteiger partial charge in [-0.05, 0) is 33.6 Å². The lowest BCUT2D eigenvalue weighted by Gasteiger charge is -2.25. The summed E-state index contributed by atoms with van der Waals surface area (Å²) in [4.78, 5) is 0. The van der Waals surface area contributed by atoms with Gasteiger partial charge in [0.1, 0.15) is 0 Å². The number of benzene rings is 4. The van der Waals surface area contributed by atoms with Crippen LogP contribution in [0.1, 0.15) is 76.6 Å². The van der Waals surface area contributed by atoms with Crippen molar-refractivity contribution in [2.24, 2.45) is 0 Å². The molecule has 0 radical (unpaired) electrons. The van der Waals surface area contributed by atoms with E-state index in [0.29, 0.717) is 11.3 Å². The maximum Gasteiger partial charge on any atom is 0.0146 e. The Kier molecular flexibility index (Phi) is 10.3. The SMILES string of the molecule is CC(C)(C)c1ccccc1.CC(C)(c1ccccc1)c1ccccc1.CC(C)c1ccccc1. The van der Waals surface area contributed by atoms with E-state index in [4.69, 9.17) is 0 Å². The van der Waals surface area contributed by atoms with Crippen LogP contribution in [0.15, 0.2) is 121 Å². The van der Waals surface area contributed by atoms with Crippen LogP contribution in [0, 0.1) is 0 Å². The standard InChI is InChI=1S/C15H16.C10H14.C9H12/c1-15(2,13-9-5-3-6-10-13)14-11-7-4-8-12-14;1-10(2,3)9-7-5-4-6-8-9;1-8(2)9-6-4-3-5-7-9/h3-12H,1-2H3;4-8H,1-3H3;3-8H,1-2H3. The summed E-state index contributed by atoms with van der Waals surface area (Å²) in [5, 5.41) is 0. The third-order valence-electron chi connectivity index (χ3n) is 6.10. The second-order valence-electron chi connectivity index (χ2n) is 10.5. The second-order valence-corrected chi connectivity index (χ2v) is 10.5. The molecule has 4 aromatic carbocycles. The molecule has 0 nitrogen and oxygen atoms in total. The highest BCUT2D eigenvalue weighted by atomic mass is 14.2. The molecule has 0 heterocycles. The van der Waals surface area contributed by atoms with Gasteiger partial charge in [0, 0.05) is 5.41 Å². The van der Waals surface area contributed by atoms with Crippen molar-refractivity contribution in [2.75, 3.05) is 0 Å². The Balaban J connectivity index is 0.000000189. The van der Waals surface area contributed by atoms with E-state index in [0.717, 1.165) is 0 Å². The van der Waals surface area contributed by atoms with E-state index < -0.39 is 0 Å². The average Bonchev–Trinajstić information content (AvgIpc) is 2.86. The summed E-state index contributed by atoms with van der Waals surface area (Å²) in [5.41, 5.74) is 5.91. The van der Waals surface area contributed by atoms with Crippen LogP contribution in [0.4, 0.5) is 0 Å². The molecule has 178 valence electrons. The Labute approximate surface area is 208 Å². The molecule has 0 N–H and O–H groups in total. The smallest absolute Gasteiger partial charge is 0.0146 e. The van der Waals surface area contributed by atoms with Crippen molar-refractivity contribution < 1.29 is 0 Å². The maximum atomic E-state index is 2.26. The van der Waals surface area contributed by atoms with Crippen molar-refractivity contribution in [1.29, 1.82) is 0 Å². The first kappa shape index (κ1) is 27.1. The summed E-state index contributed by atoms with van der Waals surface area (Å²) in [6, 6.07) is 42.3. The zero-order valence-electron chi connectivity index (χ0n) is 22.1. The van der Waals surface area contributed by atoms with Crippen LogP contribution < -0.4 is 0 Å². The minimum Gasteiger partial charge on any atom is -0.0622 e. The van der Waals surface area contributed by atoms with Crippen molar-refractivity contribution in [2.45, 2.75) is 65.2 Å². The molecule has 0 amide bonds. The van der Waals surface area contributed by atoms with Gasteiger partial charge in [-0.2, -0.15) is 0 Å². The Bertz CT molecular complexity index is 997. The van der Waals surface area contributed by atoms with Crippen molar-refractivity contribution in [3.63, 3.8) is 0 Å². The molecule has 0 aliphatic heterocycles. The topological polar surface area (TPSA) is 0 Å². The Morgan fingerprint density at radius 1 is 0.412 bits per heavy atom. The summed E-state index contributed by atoms with van der Waals surface area (Å²) < 4.78 is 0. The monoisotopic (exact) mass is 450 g/mol. The molecule has 0 saturated carbocycles. The van der Waals surface area contributed by atoms with Crippen molar-refractivity contribution in [3.8, 4) is 0 Å². The van der Waals surface area contributed by atoms with Gasteiger partial charge in [0.15, 0.2) is 0 Å². The molecule has 0 heteroatoms. The molecule has 0 fully saturated rings. The lowest BCUT2D eigenvalue weighted by Crippen LogP contribution is -2.18. The summed E-state index contributed by atoms with van der Waals surface area (Å²) in [5.74, 6) is 0.659. The van der Waals surface area contributed by atoms with E-state index in [2.05, 4.69) is 164 Å². The fourth-order valence-electron chi connectivity index (χ4n) is 3.65. The average molecular weight is 451 g/mol. The molecule has 0 aromatic heterocycles. The molecule has 0 aliphatic rings. The van der Waals surface area contributed by atoms with E-state index in [1.807, 2.05) is 6.07 Å². The van der Waals surface area contributed by atoms with Crippen molar-refractivity contribution >= 4 is 0 Å². The zero-order valence-corrected chi connectivity index (χ0v) is 22.1. The highest BCUT2D eigenvalue weighted by Crippen LogP contribution is 2.30. The van der Waals surface area contributed by atoms with Crippen LogP contribution in [0.25, 0.3) is 0 Å². The molecular weight excluding hydrogens is 408 g/mol. The van der Waals surface area contributed by atoms with Crippen LogP contribution in [0.2, 0.25) is 0 Å². The molecule has 0 bridgehead atoms. The van der Waals surface area contributed by atoms with Crippen molar-refractivity contribution in [3.05, 3.63) is 144 Å². The first-order valence-electron chi connectivity index (χ1n) is 12.3. The lowest BCUT2D eigenvalue weighted by molar-refractivity contribution is 0.590. The highest BCUT2D eigenvalue weighted by molar-refractivity contribution is 5.37. The van der Waals surface area contributed by atoms with E-state index in [-0.39, 0.29) is 5.41 Å². The summed E-state index contributed by atoms with van der Waals surface area (Å²) in [6.45, 7) is 15.6. The minimum absolute atomic E-state index is 0.0858. The predicted octanol–water partition coefficient (Wildman–Crippen LogP) is 9.81. The van der Waals surface area contributed by atoms with Crippen molar-refractivity contribution in [1.82, 2.24) is 0 Å². The molecule has 4 aromatic rings. The Morgan fingerprint density at radius 2 is 0.706 bits per heavy atom. The quantitative estimate of drug-likeness (QED) is 0.291. The van der Waals surface area contributed by atoms with Gasteiger partial charge in [0.25, 0.3) is 0 Å². The lowest BCUT2D eigenvalue weighted by atomic mass is 9.78. The third kappa shape index (κ3) is 8.67. The predicted molar refractivity (Wildman–Crippen MR) is 151 cm³/mol. The largest absolute Gasteiger partial charge is 0.0622 e. The molecular formula is C34H42. The molecule has 34 heavy (non-hydrogen) atoms. The van der Waals surface area contributed by atoms with Gasteiger partial charge in [0.2, 0.25) is 0 Å². The minimum atomic E-state index is 0.0858. The summed E-state index contributed by atoms with van der Waals surface area (Å²) in [7, 11) is 0. The molecule has 0 spiro atoms. The van der Waals surface area contributed by atoms with Gasteiger partial charge in [0.05, 0.1) is 0 Å². The van der Waals surface area contributed by atoms with Gasteiger partial charge >= 0.3 is 0 Å². The van der Waals surface area contributed by atoms with E-state index in [9.17, 15) is 0 Å². The van der Waals surface area contributed by atoms with Crippen LogP contribution >= 0.6 is 0 Å². The molecule has 0 aliphatic carbocycles. The molecule has 4 rings (SSSR count). The third-order valence-corrected chi connectivity index (χ3v) is 6.10. The first-order valence-corrected chi connectivity index (χ1v) is 12.3. The number of hydrogen-bond acceptors (Lipinski definition) is 0. The normalized spacial score (nSPS) is 11.1. The van der Waals surface area contributed by atoms with E-state index in [1.165, 1.54) is 22.3 Å². The van der Waals surface area contributed by atoms with E-state index in [1.54, 1.807) is 0 Å². The molecule has 0 unspecified atom stereocenters. The highest BCUT2D eigenvalue weighted by Gasteiger charge is 2.21. The van der Waals surface area contributed by atoms with Gasteiger partial charge < -0.3 is 0 Å². The second kappa shape index (κ2) is 12.9. The van der Waals surface area contributed by atoms with E-state index >= 15 is 0 Å². The van der Waals surface area contributed by atoms with Crippen LogP contribution in [0.5, 0.6) is 0 Å². The Hall–Kier alpha value is -3.12. The van der Waals surface area contributed by atoms with Crippen LogP contribution in [-0.2, 0) is 10.8 Å². The number of rotatable bonds is 3.